The Morgan fingerprint density at radius 1 is 1.05 bits per heavy atom. The normalized spacial score (nSPS) is 11.2. The fraction of sp³-hybridized carbons (Fsp3) is 0.214. The molecule has 1 heterocycles. The van der Waals surface area contributed by atoms with Crippen molar-refractivity contribution in [3.8, 4) is 10.4 Å². The van der Waals surface area contributed by atoms with E-state index < -0.39 is 28.8 Å². The van der Waals surface area contributed by atoms with Gasteiger partial charge in [-0.25, -0.2) is 17.6 Å². The quantitative estimate of drug-likeness (QED) is 0.452. The Balaban J connectivity index is 2.56. The van der Waals surface area contributed by atoms with E-state index in [2.05, 4.69) is 0 Å². The van der Waals surface area contributed by atoms with Crippen LogP contribution < -0.4 is 0 Å². The summed E-state index contributed by atoms with van der Waals surface area (Å²) in [4.78, 5) is 12.0. The fourth-order valence-electron chi connectivity index (χ4n) is 1.68. The molecule has 0 saturated heterocycles. The van der Waals surface area contributed by atoms with Gasteiger partial charge in [0.2, 0.25) is 0 Å². The predicted molar refractivity (Wildman–Crippen MR) is 68.8 cm³/mol. The summed E-state index contributed by atoms with van der Waals surface area (Å²) in [6.45, 7) is 3.37. The Kier molecular flexibility index (Phi) is 3.94. The Morgan fingerprint density at radius 2 is 1.60 bits per heavy atom. The fourth-order valence-corrected chi connectivity index (χ4v) is 2.81. The van der Waals surface area contributed by atoms with Crippen molar-refractivity contribution in [2.45, 2.75) is 13.8 Å². The lowest BCUT2D eigenvalue weighted by atomic mass is 10.1. The van der Waals surface area contributed by atoms with Gasteiger partial charge in [-0.15, -0.1) is 11.3 Å². The summed E-state index contributed by atoms with van der Waals surface area (Å²) in [5.41, 5.74) is -0.782. The van der Waals surface area contributed by atoms with Crippen molar-refractivity contribution in [2.24, 2.45) is 5.92 Å². The van der Waals surface area contributed by atoms with Gasteiger partial charge >= 0.3 is 0 Å². The van der Waals surface area contributed by atoms with Crippen LogP contribution >= 0.6 is 11.3 Å². The van der Waals surface area contributed by atoms with Crippen LogP contribution in [0.3, 0.4) is 0 Å². The van der Waals surface area contributed by atoms with E-state index >= 15 is 0 Å². The maximum Gasteiger partial charge on any atom is 0.175 e. The first-order valence-corrected chi connectivity index (χ1v) is 6.62. The highest BCUT2D eigenvalue weighted by molar-refractivity contribution is 7.17. The number of carbonyl (C=O) groups is 1. The van der Waals surface area contributed by atoms with Crippen LogP contribution in [0.1, 0.15) is 23.5 Å². The molecule has 1 aromatic heterocycles. The molecule has 0 unspecified atom stereocenters. The molecule has 0 spiro atoms. The summed E-state index contributed by atoms with van der Waals surface area (Å²) in [6, 6.07) is 2.83. The average Bonchev–Trinajstić information content (AvgIpc) is 2.85. The van der Waals surface area contributed by atoms with Crippen LogP contribution in [0, 0.1) is 29.2 Å². The number of thiophene rings is 1. The van der Waals surface area contributed by atoms with Crippen LogP contribution in [0.5, 0.6) is 0 Å². The number of halogens is 4. The second kappa shape index (κ2) is 5.36. The van der Waals surface area contributed by atoms with Crippen LogP contribution in [0.15, 0.2) is 18.2 Å². The van der Waals surface area contributed by atoms with Crippen LogP contribution in [0.2, 0.25) is 0 Å². The molecular formula is C14H10F4OS. The largest absolute Gasteiger partial charge is 0.293 e. The molecule has 0 aliphatic carbocycles. The number of ketones is 1. The van der Waals surface area contributed by atoms with Crippen molar-refractivity contribution < 1.29 is 22.4 Å². The van der Waals surface area contributed by atoms with E-state index in [0.29, 0.717) is 4.88 Å². The summed E-state index contributed by atoms with van der Waals surface area (Å²) >= 11 is 0.805. The van der Waals surface area contributed by atoms with Crippen LogP contribution in [-0.4, -0.2) is 5.78 Å². The van der Waals surface area contributed by atoms with E-state index in [4.69, 9.17) is 0 Å². The smallest absolute Gasteiger partial charge is 0.175 e. The predicted octanol–water partition coefficient (Wildman–Crippen LogP) is 4.81. The van der Waals surface area contributed by atoms with Gasteiger partial charge in [0.1, 0.15) is 0 Å². The minimum atomic E-state index is -1.47. The lowest BCUT2D eigenvalue weighted by Crippen LogP contribution is -2.04. The maximum absolute atomic E-state index is 13.6. The molecular weight excluding hydrogens is 292 g/mol. The molecule has 0 atom stereocenters. The van der Waals surface area contributed by atoms with Gasteiger partial charge in [0.05, 0.1) is 10.4 Å². The third-order valence-corrected chi connectivity index (χ3v) is 3.85. The second-order valence-electron chi connectivity index (χ2n) is 4.53. The zero-order chi connectivity index (χ0) is 15.0. The zero-order valence-corrected chi connectivity index (χ0v) is 11.5. The summed E-state index contributed by atoms with van der Waals surface area (Å²) in [7, 11) is 0. The zero-order valence-electron chi connectivity index (χ0n) is 10.6. The molecule has 1 nitrogen and oxygen atoms in total. The molecule has 0 radical (unpaired) electrons. The van der Waals surface area contributed by atoms with Gasteiger partial charge in [-0.2, -0.15) is 0 Å². The van der Waals surface area contributed by atoms with E-state index in [9.17, 15) is 22.4 Å². The summed E-state index contributed by atoms with van der Waals surface area (Å²) in [5.74, 6) is -6.34. The van der Waals surface area contributed by atoms with Crippen molar-refractivity contribution in [1.29, 1.82) is 0 Å². The van der Waals surface area contributed by atoms with Gasteiger partial charge in [-0.3, -0.25) is 4.79 Å². The van der Waals surface area contributed by atoms with Crippen LogP contribution in [0.25, 0.3) is 10.4 Å². The number of rotatable bonds is 3. The minimum Gasteiger partial charge on any atom is -0.293 e. The SMILES string of the molecule is CC(C)C(=O)c1ccc(-c2c(F)c(F)cc(F)c2F)s1. The number of benzene rings is 1. The molecule has 1 aromatic carbocycles. The lowest BCUT2D eigenvalue weighted by Gasteiger charge is -2.04. The van der Waals surface area contributed by atoms with Crippen molar-refractivity contribution in [2.75, 3.05) is 0 Å². The highest BCUT2D eigenvalue weighted by atomic mass is 32.1. The van der Waals surface area contributed by atoms with E-state index in [1.54, 1.807) is 13.8 Å². The van der Waals surface area contributed by atoms with Gasteiger partial charge in [0.15, 0.2) is 29.1 Å². The molecule has 6 heteroatoms. The van der Waals surface area contributed by atoms with Crippen molar-refractivity contribution >= 4 is 17.1 Å². The van der Waals surface area contributed by atoms with Crippen molar-refractivity contribution in [3.63, 3.8) is 0 Å². The van der Waals surface area contributed by atoms with Gasteiger partial charge in [-0.1, -0.05) is 13.8 Å². The Morgan fingerprint density at radius 3 is 2.10 bits per heavy atom. The number of carbonyl (C=O) groups excluding carboxylic acids is 1. The first-order chi connectivity index (χ1) is 9.32. The topological polar surface area (TPSA) is 17.1 Å². The maximum atomic E-state index is 13.6. The third-order valence-electron chi connectivity index (χ3n) is 2.73. The van der Waals surface area contributed by atoms with Gasteiger partial charge in [0.25, 0.3) is 0 Å². The first kappa shape index (κ1) is 14.7. The third kappa shape index (κ3) is 2.47. The molecule has 0 bridgehead atoms. The molecule has 0 amide bonds. The second-order valence-corrected chi connectivity index (χ2v) is 5.61. The Bertz CT molecular complexity index is 650. The standard InChI is InChI=1S/C14H10F4OS/c1-6(2)14(19)10-4-3-9(20-10)11-12(17)7(15)5-8(16)13(11)18/h3-6H,1-2H3. The van der Waals surface area contributed by atoms with Crippen molar-refractivity contribution in [1.82, 2.24) is 0 Å². The minimum absolute atomic E-state index is 0.0256. The van der Waals surface area contributed by atoms with E-state index in [1.807, 2.05) is 0 Å². The molecule has 20 heavy (non-hydrogen) atoms. The summed E-state index contributed by atoms with van der Waals surface area (Å²) in [6.07, 6.45) is 0. The van der Waals surface area contributed by atoms with Gasteiger partial charge in [-0.05, 0) is 12.1 Å². The monoisotopic (exact) mass is 302 g/mol. The highest BCUT2D eigenvalue weighted by Gasteiger charge is 2.23. The molecule has 2 rings (SSSR count). The molecule has 2 aromatic rings. The van der Waals surface area contributed by atoms with Crippen molar-refractivity contribution in [3.05, 3.63) is 46.3 Å². The molecule has 106 valence electrons. The summed E-state index contributed by atoms with van der Waals surface area (Å²) < 4.78 is 53.6. The van der Waals surface area contributed by atoms with Crippen LogP contribution in [-0.2, 0) is 0 Å². The van der Waals surface area contributed by atoms with E-state index in [0.717, 1.165) is 11.3 Å². The molecule has 0 saturated carbocycles. The lowest BCUT2D eigenvalue weighted by molar-refractivity contribution is 0.0943. The molecule has 0 aliphatic rings. The molecule has 0 aliphatic heterocycles. The van der Waals surface area contributed by atoms with E-state index in [1.165, 1.54) is 12.1 Å². The number of Topliss-reactive ketones (excluding diaryl/α,β-unsaturated/α-hetero) is 1. The number of hydrogen-bond donors (Lipinski definition) is 0. The van der Waals surface area contributed by atoms with E-state index in [-0.39, 0.29) is 22.6 Å². The molecule has 0 fully saturated rings. The first-order valence-electron chi connectivity index (χ1n) is 5.80. The average molecular weight is 302 g/mol. The Labute approximate surface area is 116 Å². The highest BCUT2D eigenvalue weighted by Crippen LogP contribution is 2.35. The summed E-state index contributed by atoms with van der Waals surface area (Å²) in [5, 5.41) is 0. The van der Waals surface area contributed by atoms with Gasteiger partial charge in [0, 0.05) is 16.9 Å². The van der Waals surface area contributed by atoms with Gasteiger partial charge < -0.3 is 0 Å². The van der Waals surface area contributed by atoms with Crippen LogP contribution in [0.4, 0.5) is 17.6 Å². The number of hydrogen-bond acceptors (Lipinski definition) is 2. The Hall–Kier alpha value is -1.69. The molecule has 0 N–H and O–H groups in total.